The van der Waals surface area contributed by atoms with Gasteiger partial charge in [-0.05, 0) is 12.0 Å². The first kappa shape index (κ1) is 16.0. The summed E-state index contributed by atoms with van der Waals surface area (Å²) >= 11 is 0. The number of hydrogen-bond acceptors (Lipinski definition) is 3. The van der Waals surface area contributed by atoms with Gasteiger partial charge in [0.25, 0.3) is 7.37 Å². The largest absolute Gasteiger partial charge is 0.411 e. The lowest BCUT2D eigenvalue weighted by atomic mass is 10.1. The molecule has 0 heterocycles. The van der Waals surface area contributed by atoms with E-state index < -0.39 is 7.37 Å². The van der Waals surface area contributed by atoms with E-state index in [9.17, 15) is 9.36 Å². The van der Waals surface area contributed by atoms with Crippen molar-refractivity contribution in [3.05, 3.63) is 35.9 Å². The predicted molar refractivity (Wildman–Crippen MR) is 78.7 cm³/mol. The molecule has 1 rings (SSSR count). The molecule has 0 fully saturated rings. The van der Waals surface area contributed by atoms with E-state index in [1.54, 1.807) is 0 Å². The van der Waals surface area contributed by atoms with E-state index >= 15 is 0 Å². The topological polar surface area (TPSA) is 43.4 Å². The van der Waals surface area contributed by atoms with Crippen molar-refractivity contribution in [2.45, 2.75) is 51.9 Å². The van der Waals surface area contributed by atoms with Crippen molar-refractivity contribution in [3.63, 3.8) is 0 Å². The Morgan fingerprint density at radius 1 is 1.11 bits per heavy atom. The highest BCUT2D eigenvalue weighted by atomic mass is 31.2. The third-order valence-electron chi connectivity index (χ3n) is 3.14. The summed E-state index contributed by atoms with van der Waals surface area (Å²) in [5, 5.41) is 0. The molecule has 106 valence electrons. The van der Waals surface area contributed by atoms with E-state index in [0.717, 1.165) is 5.56 Å². The Bertz CT molecular complexity index is 440. The summed E-state index contributed by atoms with van der Waals surface area (Å²) in [6.07, 6.45) is 0.892. The van der Waals surface area contributed by atoms with E-state index in [4.69, 9.17) is 4.52 Å². The first-order chi connectivity index (χ1) is 8.86. The summed E-state index contributed by atoms with van der Waals surface area (Å²) in [5.74, 6) is -0.366. The summed E-state index contributed by atoms with van der Waals surface area (Å²) in [6.45, 7) is 7.35. The predicted octanol–water partition coefficient (Wildman–Crippen LogP) is 4.26. The van der Waals surface area contributed by atoms with Crippen LogP contribution in [0.15, 0.2) is 30.3 Å². The van der Waals surface area contributed by atoms with Gasteiger partial charge in [-0.2, -0.15) is 0 Å². The average molecular weight is 282 g/mol. The van der Waals surface area contributed by atoms with Crippen molar-refractivity contribution in [1.29, 1.82) is 0 Å². The molecule has 0 bridgehead atoms. The normalized spacial score (nSPS) is 11.9. The molecule has 0 aromatic heterocycles. The maximum atomic E-state index is 12.6. The Kier molecular flexibility index (Phi) is 5.81. The van der Waals surface area contributed by atoms with Gasteiger partial charge in [-0.1, -0.05) is 58.0 Å². The minimum atomic E-state index is -2.89. The van der Waals surface area contributed by atoms with Gasteiger partial charge in [-0.15, -0.1) is 0 Å². The molecule has 0 amide bonds. The molecule has 4 heteroatoms. The highest BCUT2D eigenvalue weighted by Gasteiger charge is 2.34. The van der Waals surface area contributed by atoms with E-state index in [0.29, 0.717) is 6.42 Å². The number of rotatable bonds is 6. The fourth-order valence-electron chi connectivity index (χ4n) is 1.90. The lowest BCUT2D eigenvalue weighted by Gasteiger charge is -2.25. The molecule has 0 aliphatic heterocycles. The van der Waals surface area contributed by atoms with Crippen molar-refractivity contribution in [2.75, 3.05) is 0 Å². The van der Waals surface area contributed by atoms with E-state index in [2.05, 4.69) is 0 Å². The molecule has 0 N–H and O–H groups in total. The summed E-state index contributed by atoms with van der Waals surface area (Å²) in [4.78, 5) is 11.8. The summed E-state index contributed by atoms with van der Waals surface area (Å²) < 4.78 is 17.9. The number of aryl methyl sites for hydroxylation is 1. The smallest absolute Gasteiger partial charge is 0.311 e. The number of hydrogen-bond donors (Lipinski definition) is 0. The Labute approximate surface area is 115 Å². The second-order valence-electron chi connectivity index (χ2n) is 5.28. The van der Waals surface area contributed by atoms with Crippen LogP contribution in [-0.4, -0.2) is 17.3 Å². The molecule has 0 radical (unpaired) electrons. The van der Waals surface area contributed by atoms with Crippen LogP contribution < -0.4 is 0 Å². The van der Waals surface area contributed by atoms with Gasteiger partial charge in [0.2, 0.25) is 0 Å². The minimum Gasteiger partial charge on any atom is -0.411 e. The molecule has 0 saturated carbocycles. The van der Waals surface area contributed by atoms with E-state index in [1.807, 2.05) is 58.0 Å². The molecule has 0 aliphatic carbocycles. The third-order valence-corrected chi connectivity index (χ3v) is 6.51. The fraction of sp³-hybridized carbons (Fsp3) is 0.533. The zero-order chi connectivity index (χ0) is 14.5. The van der Waals surface area contributed by atoms with Crippen LogP contribution in [0.5, 0.6) is 0 Å². The van der Waals surface area contributed by atoms with Crippen LogP contribution in [0, 0.1) is 0 Å². The standard InChI is InChI=1S/C15H23O3P/c1-12(2)19(17,13(3)4)18-15(16)11-10-14-8-6-5-7-9-14/h5-9,12-13H,10-11H2,1-4H3. The quantitative estimate of drug-likeness (QED) is 0.732. The Balaban J connectivity index is 2.58. The van der Waals surface area contributed by atoms with Crippen molar-refractivity contribution in [2.24, 2.45) is 0 Å². The van der Waals surface area contributed by atoms with Crippen LogP contribution in [0.1, 0.15) is 39.7 Å². The number of benzene rings is 1. The van der Waals surface area contributed by atoms with Gasteiger partial charge in [0.05, 0.1) is 0 Å². The average Bonchev–Trinajstić information content (AvgIpc) is 2.37. The molecule has 19 heavy (non-hydrogen) atoms. The zero-order valence-electron chi connectivity index (χ0n) is 12.1. The summed E-state index contributed by atoms with van der Waals surface area (Å²) in [7, 11) is -2.89. The first-order valence-electron chi connectivity index (χ1n) is 6.72. The maximum Gasteiger partial charge on any atom is 0.311 e. The van der Waals surface area contributed by atoms with Gasteiger partial charge in [-0.3, -0.25) is 9.36 Å². The van der Waals surface area contributed by atoms with Gasteiger partial charge in [0.1, 0.15) is 0 Å². The molecule has 0 saturated heterocycles. The molecule has 3 nitrogen and oxygen atoms in total. The van der Waals surface area contributed by atoms with E-state index in [1.165, 1.54) is 0 Å². The Morgan fingerprint density at radius 3 is 2.11 bits per heavy atom. The molecule has 0 spiro atoms. The Morgan fingerprint density at radius 2 is 1.63 bits per heavy atom. The van der Waals surface area contributed by atoms with Crippen molar-refractivity contribution in [1.82, 2.24) is 0 Å². The highest BCUT2D eigenvalue weighted by Crippen LogP contribution is 2.56. The molecule has 0 atom stereocenters. The zero-order valence-corrected chi connectivity index (χ0v) is 13.0. The van der Waals surface area contributed by atoms with Crippen molar-refractivity contribution in [3.8, 4) is 0 Å². The highest BCUT2D eigenvalue weighted by molar-refractivity contribution is 7.60. The SMILES string of the molecule is CC(C)P(=O)(OC(=O)CCc1ccccc1)C(C)C. The summed E-state index contributed by atoms with van der Waals surface area (Å²) in [6, 6.07) is 9.75. The molecule has 1 aromatic rings. The van der Waals surface area contributed by atoms with Crippen LogP contribution in [0.4, 0.5) is 0 Å². The Hall–Kier alpha value is -1.08. The molecule has 0 unspecified atom stereocenters. The third kappa shape index (κ3) is 4.50. The van der Waals surface area contributed by atoms with Crippen molar-refractivity contribution < 1.29 is 13.9 Å². The van der Waals surface area contributed by atoms with Crippen LogP contribution >= 0.6 is 7.37 Å². The lowest BCUT2D eigenvalue weighted by Crippen LogP contribution is -2.15. The van der Waals surface area contributed by atoms with Gasteiger partial charge in [0, 0.05) is 17.7 Å². The molecule has 0 aliphatic rings. The van der Waals surface area contributed by atoms with Gasteiger partial charge in [-0.25, -0.2) is 0 Å². The van der Waals surface area contributed by atoms with Gasteiger partial charge in [0.15, 0.2) is 0 Å². The monoisotopic (exact) mass is 282 g/mol. The minimum absolute atomic E-state index is 0.131. The van der Waals surface area contributed by atoms with Crippen LogP contribution in [0.25, 0.3) is 0 Å². The van der Waals surface area contributed by atoms with Gasteiger partial charge < -0.3 is 4.52 Å². The molecule has 1 aromatic carbocycles. The second-order valence-corrected chi connectivity index (χ2v) is 8.82. The van der Waals surface area contributed by atoms with Gasteiger partial charge >= 0.3 is 5.97 Å². The number of carbonyl (C=O) groups excluding carboxylic acids is 1. The number of carbonyl (C=O) groups is 1. The fourth-order valence-corrected chi connectivity index (χ4v) is 3.93. The molecular formula is C15H23O3P. The van der Waals surface area contributed by atoms with Crippen LogP contribution in [0.2, 0.25) is 0 Å². The van der Waals surface area contributed by atoms with Crippen LogP contribution in [-0.2, 0) is 20.3 Å². The first-order valence-corrected chi connectivity index (χ1v) is 8.48. The maximum absolute atomic E-state index is 12.6. The molecular weight excluding hydrogens is 259 g/mol. The lowest BCUT2D eigenvalue weighted by molar-refractivity contribution is -0.134. The summed E-state index contributed by atoms with van der Waals surface area (Å²) in [5.41, 5.74) is 0.824. The van der Waals surface area contributed by atoms with Crippen molar-refractivity contribution >= 4 is 13.3 Å². The second kappa shape index (κ2) is 6.91. The van der Waals surface area contributed by atoms with Crippen LogP contribution in [0.3, 0.4) is 0 Å². The van der Waals surface area contributed by atoms with E-state index in [-0.39, 0.29) is 23.7 Å².